The lowest BCUT2D eigenvalue weighted by molar-refractivity contribution is -0.139. The van der Waals surface area contributed by atoms with Gasteiger partial charge in [-0.25, -0.2) is 0 Å². The molecule has 4 rings (SSSR count). The number of amides is 1. The number of likely N-dealkylation sites (tertiary alicyclic amines) is 1. The third kappa shape index (κ3) is 6.11. The largest absolute Gasteiger partial charge is 0.497 e. The van der Waals surface area contributed by atoms with Crippen LogP contribution in [0.4, 0.5) is 0 Å². The van der Waals surface area contributed by atoms with Gasteiger partial charge in [0.2, 0.25) is 5.91 Å². The van der Waals surface area contributed by atoms with Gasteiger partial charge in [0.15, 0.2) is 0 Å². The first-order chi connectivity index (χ1) is 17.7. The number of piperidine rings is 1. The first kappa shape index (κ1) is 28.2. The lowest BCUT2D eigenvalue weighted by Crippen LogP contribution is -2.61. The SMILES string of the molecule is COc1cccc(C23CCN(C)CC2C(OC)CC(N(CC(C)C)C(=O)Cc2ccc(Cl)c(Cl)c2)C3)c1. The molecular formula is C30H40Cl2N2O3. The molecule has 2 aromatic rings. The van der Waals surface area contributed by atoms with Crippen LogP contribution in [0.15, 0.2) is 42.5 Å². The lowest BCUT2D eigenvalue weighted by atomic mass is 9.56. The Hall–Kier alpha value is -1.79. The van der Waals surface area contributed by atoms with Crippen LogP contribution >= 0.6 is 23.2 Å². The number of hydrogen-bond acceptors (Lipinski definition) is 4. The molecule has 0 N–H and O–H groups in total. The fourth-order valence-electron chi connectivity index (χ4n) is 6.52. The normalized spacial score (nSPS) is 26.1. The van der Waals surface area contributed by atoms with E-state index in [2.05, 4.69) is 48.9 Å². The topological polar surface area (TPSA) is 42.0 Å². The van der Waals surface area contributed by atoms with Crippen LogP contribution in [0.5, 0.6) is 5.75 Å². The molecule has 2 aromatic carbocycles. The molecule has 0 radical (unpaired) electrons. The number of fused-ring (bicyclic) bond motifs is 1. The Kier molecular flexibility index (Phi) is 9.11. The number of carbonyl (C=O) groups excluding carboxylic acids is 1. The zero-order chi connectivity index (χ0) is 26.7. The maximum Gasteiger partial charge on any atom is 0.227 e. The fraction of sp³-hybridized carbons (Fsp3) is 0.567. The second-order valence-electron chi connectivity index (χ2n) is 11.2. The fourth-order valence-corrected chi connectivity index (χ4v) is 6.84. The highest BCUT2D eigenvalue weighted by atomic mass is 35.5. The number of hydrogen-bond donors (Lipinski definition) is 0. The third-order valence-electron chi connectivity index (χ3n) is 8.32. The van der Waals surface area contributed by atoms with Crippen molar-refractivity contribution >= 4 is 29.1 Å². The molecule has 2 aliphatic rings. The van der Waals surface area contributed by atoms with Gasteiger partial charge in [0.25, 0.3) is 0 Å². The number of carbonyl (C=O) groups is 1. The first-order valence-electron chi connectivity index (χ1n) is 13.3. The van der Waals surface area contributed by atoms with Gasteiger partial charge in [0, 0.05) is 37.6 Å². The van der Waals surface area contributed by atoms with Crippen LogP contribution in [0, 0.1) is 11.8 Å². The molecule has 1 amide bonds. The summed E-state index contributed by atoms with van der Waals surface area (Å²) in [6.07, 6.45) is 3.13. The van der Waals surface area contributed by atoms with E-state index in [-0.39, 0.29) is 23.5 Å². The van der Waals surface area contributed by atoms with Crippen molar-refractivity contribution in [1.29, 1.82) is 0 Å². The first-order valence-corrected chi connectivity index (χ1v) is 14.0. The van der Waals surface area contributed by atoms with Crippen molar-refractivity contribution in [3.8, 4) is 5.75 Å². The molecule has 1 saturated heterocycles. The predicted octanol–water partition coefficient (Wildman–Crippen LogP) is 6.10. The highest BCUT2D eigenvalue weighted by Gasteiger charge is 2.53. The number of methoxy groups -OCH3 is 2. The van der Waals surface area contributed by atoms with Gasteiger partial charge >= 0.3 is 0 Å². The monoisotopic (exact) mass is 546 g/mol. The molecular weight excluding hydrogens is 507 g/mol. The molecule has 2 fully saturated rings. The maximum atomic E-state index is 13.9. The molecule has 1 aliphatic carbocycles. The van der Waals surface area contributed by atoms with Gasteiger partial charge in [0.1, 0.15) is 5.75 Å². The van der Waals surface area contributed by atoms with Gasteiger partial charge < -0.3 is 19.3 Å². The minimum Gasteiger partial charge on any atom is -0.497 e. The minimum absolute atomic E-state index is 0.0557. The summed E-state index contributed by atoms with van der Waals surface area (Å²) in [7, 11) is 5.74. The van der Waals surface area contributed by atoms with Crippen molar-refractivity contribution < 1.29 is 14.3 Å². The summed E-state index contributed by atoms with van der Waals surface area (Å²) in [5.74, 6) is 1.68. The maximum absolute atomic E-state index is 13.9. The van der Waals surface area contributed by atoms with E-state index >= 15 is 0 Å². The number of nitrogens with zero attached hydrogens (tertiary/aromatic N) is 2. The van der Waals surface area contributed by atoms with Crippen molar-refractivity contribution in [2.45, 2.75) is 57.1 Å². The summed E-state index contributed by atoms with van der Waals surface area (Å²) >= 11 is 12.4. The van der Waals surface area contributed by atoms with E-state index in [0.717, 1.165) is 43.7 Å². The molecule has 0 spiro atoms. The smallest absolute Gasteiger partial charge is 0.227 e. The van der Waals surface area contributed by atoms with Crippen LogP contribution in [-0.4, -0.2) is 68.8 Å². The van der Waals surface area contributed by atoms with E-state index in [0.29, 0.717) is 34.8 Å². The van der Waals surface area contributed by atoms with E-state index < -0.39 is 0 Å². The van der Waals surface area contributed by atoms with Crippen molar-refractivity contribution in [2.75, 3.05) is 40.9 Å². The average molecular weight is 548 g/mol. The van der Waals surface area contributed by atoms with Gasteiger partial charge in [-0.2, -0.15) is 0 Å². The molecule has 4 atom stereocenters. The third-order valence-corrected chi connectivity index (χ3v) is 9.06. The Bertz CT molecular complexity index is 1090. The van der Waals surface area contributed by atoms with Gasteiger partial charge in [-0.1, -0.05) is 55.2 Å². The van der Waals surface area contributed by atoms with Crippen molar-refractivity contribution in [3.63, 3.8) is 0 Å². The molecule has 37 heavy (non-hydrogen) atoms. The predicted molar refractivity (Wildman–Crippen MR) is 151 cm³/mol. The lowest BCUT2D eigenvalue weighted by Gasteiger charge is -2.56. The highest BCUT2D eigenvalue weighted by Crippen LogP contribution is 2.51. The van der Waals surface area contributed by atoms with Gasteiger partial charge in [-0.3, -0.25) is 4.79 Å². The Morgan fingerprint density at radius 3 is 2.62 bits per heavy atom. The second kappa shape index (κ2) is 11.9. The molecule has 202 valence electrons. The van der Waals surface area contributed by atoms with Crippen molar-refractivity contribution in [3.05, 3.63) is 63.6 Å². The average Bonchev–Trinajstić information content (AvgIpc) is 2.88. The van der Waals surface area contributed by atoms with E-state index in [1.807, 2.05) is 19.2 Å². The minimum atomic E-state index is -0.0935. The van der Waals surface area contributed by atoms with Crippen LogP contribution in [0.3, 0.4) is 0 Å². The molecule has 0 aromatic heterocycles. The number of halogens is 2. The van der Waals surface area contributed by atoms with Gasteiger partial charge in [-0.05, 0) is 74.2 Å². The standard InChI is InChI=1S/C30H40Cl2N2O3/c1-20(2)18-34(29(35)14-21-9-10-26(31)27(32)13-21)23-16-28(37-5)25-19-33(3)12-11-30(25,17-23)22-7-6-8-24(15-22)36-4/h6-10,13,15,20,23,25,28H,11-12,14,16-19H2,1-5H3. The summed E-state index contributed by atoms with van der Waals surface area (Å²) in [6.45, 7) is 7.04. The summed E-state index contributed by atoms with van der Waals surface area (Å²) in [5.41, 5.74) is 2.08. The Balaban J connectivity index is 1.71. The van der Waals surface area contributed by atoms with Crippen LogP contribution in [0.2, 0.25) is 10.0 Å². The van der Waals surface area contributed by atoms with Crippen LogP contribution in [0.25, 0.3) is 0 Å². The van der Waals surface area contributed by atoms with E-state index in [1.54, 1.807) is 19.2 Å². The number of ether oxygens (including phenoxy) is 2. The van der Waals surface area contributed by atoms with Crippen LogP contribution in [-0.2, 0) is 21.4 Å². The number of benzene rings is 2. The summed E-state index contributed by atoms with van der Waals surface area (Å²) in [4.78, 5) is 18.4. The molecule has 5 nitrogen and oxygen atoms in total. The number of rotatable bonds is 8. The zero-order valence-corrected chi connectivity index (χ0v) is 24.2. The molecule has 1 saturated carbocycles. The van der Waals surface area contributed by atoms with Crippen molar-refractivity contribution in [1.82, 2.24) is 9.80 Å². The zero-order valence-electron chi connectivity index (χ0n) is 22.7. The van der Waals surface area contributed by atoms with E-state index in [1.165, 1.54) is 5.56 Å². The quantitative estimate of drug-likeness (QED) is 0.401. The van der Waals surface area contributed by atoms with Crippen LogP contribution < -0.4 is 4.74 Å². The molecule has 7 heteroatoms. The summed E-state index contributed by atoms with van der Waals surface area (Å²) < 4.78 is 11.8. The molecule has 1 aliphatic heterocycles. The summed E-state index contributed by atoms with van der Waals surface area (Å²) in [6, 6.07) is 14.1. The van der Waals surface area contributed by atoms with Crippen molar-refractivity contribution in [2.24, 2.45) is 11.8 Å². The molecule has 0 bridgehead atoms. The van der Waals surface area contributed by atoms with E-state index in [9.17, 15) is 4.79 Å². The Morgan fingerprint density at radius 1 is 1.16 bits per heavy atom. The second-order valence-corrected chi connectivity index (χ2v) is 12.1. The molecule has 1 heterocycles. The Labute approximate surface area is 232 Å². The Morgan fingerprint density at radius 2 is 1.95 bits per heavy atom. The molecule has 4 unspecified atom stereocenters. The van der Waals surface area contributed by atoms with E-state index in [4.69, 9.17) is 32.7 Å². The van der Waals surface area contributed by atoms with Crippen LogP contribution in [0.1, 0.15) is 44.2 Å². The highest BCUT2D eigenvalue weighted by molar-refractivity contribution is 6.42. The van der Waals surface area contributed by atoms with Gasteiger partial charge in [0.05, 0.1) is 29.7 Å². The summed E-state index contributed by atoms with van der Waals surface area (Å²) in [5, 5.41) is 0.978. The van der Waals surface area contributed by atoms with Gasteiger partial charge in [-0.15, -0.1) is 0 Å².